The summed E-state index contributed by atoms with van der Waals surface area (Å²) in [5, 5.41) is 15.6. The van der Waals surface area contributed by atoms with Crippen LogP contribution in [-0.4, -0.2) is 20.9 Å². The molecule has 1 amide bonds. The normalized spacial score (nSPS) is 16.5. The molecule has 100 valence electrons. The molecule has 5 nitrogen and oxygen atoms in total. The van der Waals surface area contributed by atoms with E-state index in [1.165, 1.54) is 16.4 Å². The quantitative estimate of drug-likeness (QED) is 0.915. The van der Waals surface area contributed by atoms with Gasteiger partial charge in [-0.2, -0.15) is 10.4 Å². The van der Waals surface area contributed by atoms with Crippen molar-refractivity contribution in [2.45, 2.75) is 16.6 Å². The molecule has 1 atom stereocenters. The summed E-state index contributed by atoms with van der Waals surface area (Å²) >= 11 is 1.56. The monoisotopic (exact) mass is 284 g/mol. The fourth-order valence-electron chi connectivity index (χ4n) is 2.19. The standard InChI is InChI=1S/C14H12N4OS/c1-18-13(10(7-15)8-16-18)17-14(19)12-6-9-4-2-3-5-11(9)20-12/h2-5,8,12H,6H2,1H3,(H,17,19). The number of rotatable bonds is 2. The first-order valence-electron chi connectivity index (χ1n) is 6.16. The van der Waals surface area contributed by atoms with Crippen molar-refractivity contribution in [3.63, 3.8) is 0 Å². The van der Waals surface area contributed by atoms with E-state index in [1.54, 1.807) is 18.8 Å². The van der Waals surface area contributed by atoms with E-state index in [0.29, 0.717) is 17.8 Å². The lowest BCUT2D eigenvalue weighted by molar-refractivity contribution is -0.115. The van der Waals surface area contributed by atoms with Crippen LogP contribution in [0.1, 0.15) is 11.1 Å². The number of hydrogen-bond donors (Lipinski definition) is 1. The maximum Gasteiger partial charge on any atom is 0.239 e. The molecule has 1 aromatic carbocycles. The SMILES string of the molecule is Cn1ncc(C#N)c1NC(=O)C1Cc2ccccc2S1. The fourth-order valence-corrected chi connectivity index (χ4v) is 3.39. The van der Waals surface area contributed by atoms with Gasteiger partial charge in [-0.1, -0.05) is 18.2 Å². The van der Waals surface area contributed by atoms with E-state index in [4.69, 9.17) is 5.26 Å². The molecule has 6 heteroatoms. The van der Waals surface area contributed by atoms with E-state index < -0.39 is 0 Å². The molecule has 0 spiro atoms. The number of carbonyl (C=O) groups excluding carboxylic acids is 1. The Hall–Kier alpha value is -2.26. The lowest BCUT2D eigenvalue weighted by atomic mass is 10.1. The first-order valence-corrected chi connectivity index (χ1v) is 7.04. The summed E-state index contributed by atoms with van der Waals surface area (Å²) in [4.78, 5) is 13.5. The highest BCUT2D eigenvalue weighted by atomic mass is 32.2. The van der Waals surface area contributed by atoms with E-state index in [-0.39, 0.29) is 11.2 Å². The van der Waals surface area contributed by atoms with Crippen molar-refractivity contribution in [1.82, 2.24) is 9.78 Å². The van der Waals surface area contributed by atoms with Crippen LogP contribution in [-0.2, 0) is 18.3 Å². The Balaban J connectivity index is 1.76. The van der Waals surface area contributed by atoms with Crippen molar-refractivity contribution in [1.29, 1.82) is 5.26 Å². The molecule has 20 heavy (non-hydrogen) atoms. The van der Waals surface area contributed by atoms with Gasteiger partial charge in [-0.15, -0.1) is 11.8 Å². The number of hydrogen-bond acceptors (Lipinski definition) is 4. The predicted octanol–water partition coefficient (Wildman–Crippen LogP) is 1.95. The van der Waals surface area contributed by atoms with Gasteiger partial charge < -0.3 is 5.32 Å². The molecular formula is C14H12N4OS. The van der Waals surface area contributed by atoms with Crippen LogP contribution in [0.15, 0.2) is 35.4 Å². The Labute approximate surface area is 120 Å². The van der Waals surface area contributed by atoms with Gasteiger partial charge in [-0.25, -0.2) is 0 Å². The van der Waals surface area contributed by atoms with Crippen LogP contribution in [0.3, 0.4) is 0 Å². The zero-order chi connectivity index (χ0) is 14.1. The molecule has 3 rings (SSSR count). The molecule has 0 saturated carbocycles. The third-order valence-electron chi connectivity index (χ3n) is 3.24. The van der Waals surface area contributed by atoms with Gasteiger partial charge in [0.15, 0.2) is 0 Å². The van der Waals surface area contributed by atoms with Gasteiger partial charge in [-0.3, -0.25) is 9.48 Å². The van der Waals surface area contributed by atoms with Gasteiger partial charge in [-0.05, 0) is 18.1 Å². The second-order valence-electron chi connectivity index (χ2n) is 4.55. The minimum Gasteiger partial charge on any atom is -0.309 e. The predicted molar refractivity (Wildman–Crippen MR) is 76.3 cm³/mol. The maximum absolute atomic E-state index is 12.3. The second kappa shape index (κ2) is 5.02. The van der Waals surface area contributed by atoms with Crippen molar-refractivity contribution in [3.05, 3.63) is 41.6 Å². The lowest BCUT2D eigenvalue weighted by Gasteiger charge is -2.10. The van der Waals surface area contributed by atoms with E-state index in [9.17, 15) is 4.79 Å². The molecule has 2 heterocycles. The topological polar surface area (TPSA) is 70.7 Å². The van der Waals surface area contributed by atoms with Crippen molar-refractivity contribution in [3.8, 4) is 6.07 Å². The number of benzene rings is 1. The zero-order valence-electron chi connectivity index (χ0n) is 10.8. The number of anilines is 1. The Morgan fingerprint density at radius 1 is 1.55 bits per heavy atom. The smallest absolute Gasteiger partial charge is 0.239 e. The minimum absolute atomic E-state index is 0.0914. The number of nitriles is 1. The third kappa shape index (κ3) is 2.17. The summed E-state index contributed by atoms with van der Waals surface area (Å²) in [6.07, 6.45) is 2.17. The Kier molecular flexibility index (Phi) is 3.20. The van der Waals surface area contributed by atoms with Gasteiger partial charge in [0, 0.05) is 11.9 Å². The number of amides is 1. The first-order chi connectivity index (χ1) is 9.69. The minimum atomic E-state index is -0.158. The third-order valence-corrected chi connectivity index (χ3v) is 4.56. The van der Waals surface area contributed by atoms with Gasteiger partial charge >= 0.3 is 0 Å². The molecule has 0 fully saturated rings. The summed E-state index contributed by atoms with van der Waals surface area (Å²) in [6.45, 7) is 0. The molecule has 1 aliphatic heterocycles. The summed E-state index contributed by atoms with van der Waals surface area (Å²) in [6, 6.07) is 10.0. The van der Waals surface area contributed by atoms with E-state index in [2.05, 4.69) is 10.4 Å². The number of nitrogens with one attached hydrogen (secondary N) is 1. The van der Waals surface area contributed by atoms with Crippen LogP contribution in [0, 0.1) is 11.3 Å². The number of aryl methyl sites for hydroxylation is 1. The maximum atomic E-state index is 12.3. The van der Waals surface area contributed by atoms with Crippen LogP contribution in [0.25, 0.3) is 0 Å². The highest BCUT2D eigenvalue weighted by molar-refractivity contribution is 8.01. The summed E-state index contributed by atoms with van der Waals surface area (Å²) in [7, 11) is 1.70. The van der Waals surface area contributed by atoms with Crippen molar-refractivity contribution < 1.29 is 4.79 Å². The van der Waals surface area contributed by atoms with E-state index in [0.717, 1.165) is 4.90 Å². The summed E-state index contributed by atoms with van der Waals surface area (Å²) in [5.74, 6) is 0.361. The number of fused-ring (bicyclic) bond motifs is 1. The number of aromatic nitrogens is 2. The number of thioether (sulfide) groups is 1. The van der Waals surface area contributed by atoms with E-state index >= 15 is 0 Å². The van der Waals surface area contributed by atoms with E-state index in [1.807, 2.05) is 30.3 Å². The molecule has 1 aliphatic rings. The van der Waals surface area contributed by atoms with Crippen LogP contribution >= 0.6 is 11.8 Å². The van der Waals surface area contributed by atoms with Crippen LogP contribution in [0.4, 0.5) is 5.82 Å². The van der Waals surface area contributed by atoms with Gasteiger partial charge in [0.05, 0.1) is 11.4 Å². The molecule has 0 bridgehead atoms. The second-order valence-corrected chi connectivity index (χ2v) is 5.79. The Morgan fingerprint density at radius 2 is 2.35 bits per heavy atom. The zero-order valence-corrected chi connectivity index (χ0v) is 11.6. The first kappa shape index (κ1) is 12.8. The van der Waals surface area contributed by atoms with Crippen molar-refractivity contribution >= 4 is 23.5 Å². The highest BCUT2D eigenvalue weighted by Crippen LogP contribution is 2.37. The summed E-state index contributed by atoms with van der Waals surface area (Å²) < 4.78 is 1.50. The van der Waals surface area contributed by atoms with Gasteiger partial charge in [0.2, 0.25) is 5.91 Å². The molecule has 0 radical (unpaired) electrons. The number of carbonyl (C=O) groups is 1. The molecule has 1 aromatic heterocycles. The molecule has 1 unspecified atom stereocenters. The van der Waals surface area contributed by atoms with Crippen LogP contribution < -0.4 is 5.32 Å². The Morgan fingerprint density at radius 3 is 3.10 bits per heavy atom. The average Bonchev–Trinajstić information content (AvgIpc) is 3.03. The lowest BCUT2D eigenvalue weighted by Crippen LogP contribution is -2.26. The fraction of sp³-hybridized carbons (Fsp3) is 0.214. The van der Waals surface area contributed by atoms with Crippen molar-refractivity contribution in [2.24, 2.45) is 7.05 Å². The van der Waals surface area contributed by atoms with Crippen LogP contribution in [0.5, 0.6) is 0 Å². The largest absolute Gasteiger partial charge is 0.309 e. The van der Waals surface area contributed by atoms with Crippen molar-refractivity contribution in [2.75, 3.05) is 5.32 Å². The average molecular weight is 284 g/mol. The summed E-state index contributed by atoms with van der Waals surface area (Å²) in [5.41, 5.74) is 1.57. The molecule has 2 aromatic rings. The van der Waals surface area contributed by atoms with Crippen LogP contribution in [0.2, 0.25) is 0 Å². The molecule has 0 aliphatic carbocycles. The van der Waals surface area contributed by atoms with Gasteiger partial charge in [0.1, 0.15) is 17.5 Å². The molecule has 1 N–H and O–H groups in total. The Bertz CT molecular complexity index is 691. The van der Waals surface area contributed by atoms with Gasteiger partial charge in [0.25, 0.3) is 0 Å². The molecular weight excluding hydrogens is 272 g/mol. The molecule has 0 saturated heterocycles. The highest BCUT2D eigenvalue weighted by Gasteiger charge is 2.28. The number of nitrogens with zero attached hydrogens (tertiary/aromatic N) is 3.